The fraction of sp³-hybridized carbons (Fsp3) is 0.0833. The molecule has 1 rings (SSSR count). The van der Waals surface area contributed by atoms with Crippen molar-refractivity contribution in [3.63, 3.8) is 0 Å². The number of benzene rings is 1. The molecule has 0 spiro atoms. The summed E-state index contributed by atoms with van der Waals surface area (Å²) in [6.45, 7) is 0.104. The van der Waals surface area contributed by atoms with E-state index in [2.05, 4.69) is 5.92 Å². The second-order valence-electron chi connectivity index (χ2n) is 2.77. The first-order valence-corrected chi connectivity index (χ1v) is 5.06. The highest BCUT2D eigenvalue weighted by molar-refractivity contribution is 6.37. The molecule has 0 amide bonds. The second-order valence-corrected chi connectivity index (χ2v) is 3.58. The Labute approximate surface area is 104 Å². The van der Waals surface area contributed by atoms with Crippen LogP contribution in [0.5, 0.6) is 5.75 Å². The fourth-order valence-corrected chi connectivity index (χ4v) is 1.67. The van der Waals surface area contributed by atoms with Gasteiger partial charge < -0.3 is 4.74 Å². The molecule has 0 saturated heterocycles. The second kappa shape index (κ2) is 6.08. The Kier molecular flexibility index (Phi) is 4.73. The molecule has 0 fully saturated rings. The Hall–Kier alpha value is -1.61. The maximum Gasteiger partial charge on any atom is 0.157 e. The first kappa shape index (κ1) is 12.5. The maximum absolute atomic E-state index is 8.39. The van der Waals surface area contributed by atoms with Gasteiger partial charge in [0.2, 0.25) is 0 Å². The van der Waals surface area contributed by atoms with Gasteiger partial charge in [0.1, 0.15) is 6.61 Å². The molecule has 0 unspecified atom stereocenters. The predicted octanol–water partition coefficient (Wildman–Crippen LogP) is 3.54. The molecule has 1 aromatic carbocycles. The van der Waals surface area contributed by atoms with Gasteiger partial charge in [-0.3, -0.25) is 0 Å². The summed E-state index contributed by atoms with van der Waals surface area (Å²) in [5.74, 6) is 2.68. The molecular weight excluding hydrogens is 245 g/mol. The van der Waals surface area contributed by atoms with Gasteiger partial charge in [-0.15, -0.1) is 6.42 Å². The van der Waals surface area contributed by atoms with Gasteiger partial charge >= 0.3 is 0 Å². The third-order valence-electron chi connectivity index (χ3n) is 1.67. The summed E-state index contributed by atoms with van der Waals surface area (Å²) in [6.07, 6.45) is 8.00. The third-order valence-corrected chi connectivity index (χ3v) is 2.23. The van der Waals surface area contributed by atoms with Crippen molar-refractivity contribution in [1.82, 2.24) is 0 Å². The molecule has 0 aliphatic rings. The van der Waals surface area contributed by atoms with Crippen LogP contribution in [-0.2, 0) is 0 Å². The van der Waals surface area contributed by atoms with E-state index in [1.54, 1.807) is 18.2 Å². The van der Waals surface area contributed by atoms with Crippen LogP contribution in [-0.4, -0.2) is 6.61 Å². The minimum absolute atomic E-state index is 0.104. The van der Waals surface area contributed by atoms with Crippen LogP contribution in [0.25, 0.3) is 6.08 Å². The zero-order valence-corrected chi connectivity index (χ0v) is 9.72. The van der Waals surface area contributed by atoms with Crippen molar-refractivity contribution in [2.75, 3.05) is 6.61 Å². The number of halogens is 2. The predicted molar refractivity (Wildman–Crippen MR) is 65.4 cm³/mol. The van der Waals surface area contributed by atoms with Gasteiger partial charge in [0.25, 0.3) is 0 Å². The minimum atomic E-state index is 0.104. The standard InChI is InChI=1S/C12H7Cl2NO/c1-2-6-16-12-10(13)7-9(4-3-5-15)8-11(12)14/h1,3-4,7-8H,6H2. The summed E-state index contributed by atoms with van der Waals surface area (Å²) in [5, 5.41) is 9.11. The number of nitriles is 1. The van der Waals surface area contributed by atoms with Crippen molar-refractivity contribution in [2.45, 2.75) is 0 Å². The molecule has 16 heavy (non-hydrogen) atoms. The molecule has 0 heterocycles. The summed E-state index contributed by atoms with van der Waals surface area (Å²) in [7, 11) is 0. The Bertz CT molecular complexity index is 472. The number of hydrogen-bond donors (Lipinski definition) is 0. The van der Waals surface area contributed by atoms with Crippen molar-refractivity contribution < 1.29 is 4.74 Å². The molecular formula is C12H7Cl2NO. The van der Waals surface area contributed by atoms with E-state index in [-0.39, 0.29) is 6.61 Å². The Morgan fingerprint density at radius 1 is 1.38 bits per heavy atom. The lowest BCUT2D eigenvalue weighted by Crippen LogP contribution is -1.95. The number of allylic oxidation sites excluding steroid dienone is 1. The van der Waals surface area contributed by atoms with E-state index in [1.807, 2.05) is 6.07 Å². The van der Waals surface area contributed by atoms with Crippen LogP contribution in [0.4, 0.5) is 0 Å². The molecule has 0 aromatic heterocycles. The molecule has 0 atom stereocenters. The van der Waals surface area contributed by atoms with Crippen LogP contribution in [0.15, 0.2) is 18.2 Å². The zero-order chi connectivity index (χ0) is 12.0. The normalized spacial score (nSPS) is 9.75. The van der Waals surface area contributed by atoms with Crippen molar-refractivity contribution in [3.8, 4) is 24.2 Å². The number of ether oxygens (including phenoxy) is 1. The molecule has 1 aromatic rings. The third kappa shape index (κ3) is 3.21. The van der Waals surface area contributed by atoms with Crippen molar-refractivity contribution in [2.24, 2.45) is 0 Å². The average molecular weight is 252 g/mol. The molecule has 0 aliphatic heterocycles. The van der Waals surface area contributed by atoms with Gasteiger partial charge in [-0.2, -0.15) is 5.26 Å². The molecule has 0 bridgehead atoms. The first-order valence-electron chi connectivity index (χ1n) is 4.30. The van der Waals surface area contributed by atoms with Crippen molar-refractivity contribution in [3.05, 3.63) is 33.8 Å². The van der Waals surface area contributed by atoms with Crippen molar-refractivity contribution in [1.29, 1.82) is 5.26 Å². The largest absolute Gasteiger partial charge is 0.478 e. The lowest BCUT2D eigenvalue weighted by molar-refractivity contribution is 0.371. The van der Waals surface area contributed by atoms with Gasteiger partial charge in [-0.1, -0.05) is 29.1 Å². The van der Waals surface area contributed by atoms with E-state index < -0.39 is 0 Å². The highest BCUT2D eigenvalue weighted by Crippen LogP contribution is 2.34. The Morgan fingerprint density at radius 3 is 2.50 bits per heavy atom. The Morgan fingerprint density at radius 2 is 2.00 bits per heavy atom. The molecule has 4 heteroatoms. The number of nitrogens with zero attached hydrogens (tertiary/aromatic N) is 1. The fourth-order valence-electron chi connectivity index (χ4n) is 1.06. The lowest BCUT2D eigenvalue weighted by atomic mass is 10.2. The van der Waals surface area contributed by atoms with Gasteiger partial charge in [-0.25, -0.2) is 0 Å². The Balaban J connectivity index is 3.04. The van der Waals surface area contributed by atoms with E-state index in [9.17, 15) is 0 Å². The summed E-state index contributed by atoms with van der Waals surface area (Å²) >= 11 is 11.9. The van der Waals surface area contributed by atoms with Crippen molar-refractivity contribution >= 4 is 29.3 Å². The summed E-state index contributed by atoms with van der Waals surface area (Å²) in [4.78, 5) is 0. The molecule has 0 radical (unpaired) electrons. The molecule has 80 valence electrons. The number of rotatable bonds is 3. The van der Waals surface area contributed by atoms with Crippen LogP contribution in [0.2, 0.25) is 10.0 Å². The van der Waals surface area contributed by atoms with Crippen LogP contribution in [0.1, 0.15) is 5.56 Å². The highest BCUT2D eigenvalue weighted by Gasteiger charge is 2.08. The molecule has 0 saturated carbocycles. The van der Waals surface area contributed by atoms with E-state index in [1.165, 1.54) is 6.08 Å². The smallest absolute Gasteiger partial charge is 0.157 e. The van der Waals surface area contributed by atoms with E-state index in [4.69, 9.17) is 39.6 Å². The summed E-state index contributed by atoms with van der Waals surface area (Å²) < 4.78 is 5.19. The summed E-state index contributed by atoms with van der Waals surface area (Å²) in [5.41, 5.74) is 0.726. The van der Waals surface area contributed by atoms with E-state index >= 15 is 0 Å². The van der Waals surface area contributed by atoms with E-state index in [0.29, 0.717) is 15.8 Å². The number of terminal acetylenes is 1. The number of hydrogen-bond acceptors (Lipinski definition) is 2. The van der Waals surface area contributed by atoms with Gasteiger partial charge in [-0.05, 0) is 23.8 Å². The first-order chi connectivity index (χ1) is 7.69. The quantitative estimate of drug-likeness (QED) is 0.608. The van der Waals surface area contributed by atoms with Crippen LogP contribution in [0.3, 0.4) is 0 Å². The monoisotopic (exact) mass is 251 g/mol. The molecule has 0 aliphatic carbocycles. The zero-order valence-electron chi connectivity index (χ0n) is 8.21. The lowest BCUT2D eigenvalue weighted by Gasteiger charge is -2.08. The van der Waals surface area contributed by atoms with E-state index in [0.717, 1.165) is 5.56 Å². The highest BCUT2D eigenvalue weighted by atomic mass is 35.5. The maximum atomic E-state index is 8.39. The van der Waals surface area contributed by atoms with Gasteiger partial charge in [0.05, 0.1) is 16.1 Å². The molecule has 0 N–H and O–H groups in total. The van der Waals surface area contributed by atoms with Gasteiger partial charge in [0, 0.05) is 6.08 Å². The van der Waals surface area contributed by atoms with Crippen LogP contribution >= 0.6 is 23.2 Å². The average Bonchev–Trinajstić information content (AvgIpc) is 2.25. The topological polar surface area (TPSA) is 33.0 Å². The molecule has 2 nitrogen and oxygen atoms in total. The summed E-state index contributed by atoms with van der Waals surface area (Å²) in [6, 6.07) is 5.17. The van der Waals surface area contributed by atoms with Crippen LogP contribution < -0.4 is 4.74 Å². The SMILES string of the molecule is C#CCOc1c(Cl)cc(C=CC#N)cc1Cl. The van der Waals surface area contributed by atoms with Gasteiger partial charge in [0.15, 0.2) is 5.75 Å². The van der Waals surface area contributed by atoms with Crippen LogP contribution in [0, 0.1) is 23.7 Å². The minimum Gasteiger partial charge on any atom is -0.478 e.